The predicted molar refractivity (Wildman–Crippen MR) is 87.1 cm³/mol. The number of carbonyl (C=O) groups excluding carboxylic acids is 1. The van der Waals surface area contributed by atoms with Crippen LogP contribution < -0.4 is 5.32 Å². The van der Waals surface area contributed by atoms with E-state index >= 15 is 0 Å². The quantitative estimate of drug-likeness (QED) is 0.848. The van der Waals surface area contributed by atoms with Gasteiger partial charge in [0, 0.05) is 18.8 Å². The smallest absolute Gasteiger partial charge is 0.247 e. The van der Waals surface area contributed by atoms with Crippen LogP contribution in [0.25, 0.3) is 0 Å². The molecule has 1 aliphatic carbocycles. The minimum Gasteiger partial charge on any atom is -0.323 e. The van der Waals surface area contributed by atoms with Gasteiger partial charge >= 0.3 is 0 Å². The molecular formula is C16H22N2O3S. The lowest BCUT2D eigenvalue weighted by Gasteiger charge is -2.30. The monoisotopic (exact) mass is 322 g/mol. The number of benzene rings is 1. The number of sulfonamides is 1. The van der Waals surface area contributed by atoms with Gasteiger partial charge in [-0.2, -0.15) is 4.31 Å². The number of hydrogen-bond acceptors (Lipinski definition) is 3. The van der Waals surface area contributed by atoms with Crippen molar-refractivity contribution in [1.29, 1.82) is 0 Å². The Kier molecular flexibility index (Phi) is 5.37. The van der Waals surface area contributed by atoms with Gasteiger partial charge in [0.25, 0.3) is 0 Å². The maximum absolute atomic E-state index is 12.6. The lowest BCUT2D eigenvalue weighted by molar-refractivity contribution is -0.111. The second kappa shape index (κ2) is 7.07. The van der Waals surface area contributed by atoms with Crippen LogP contribution in [0, 0.1) is 0 Å². The van der Waals surface area contributed by atoms with Crippen molar-refractivity contribution in [2.45, 2.75) is 43.0 Å². The Hall–Kier alpha value is -1.66. The molecule has 1 N–H and O–H groups in total. The van der Waals surface area contributed by atoms with Crippen LogP contribution in [0.5, 0.6) is 0 Å². The molecule has 1 saturated carbocycles. The number of nitrogens with zero attached hydrogens (tertiary/aromatic N) is 1. The van der Waals surface area contributed by atoms with E-state index in [1.54, 1.807) is 19.2 Å². The molecule has 1 fully saturated rings. The van der Waals surface area contributed by atoms with Crippen molar-refractivity contribution < 1.29 is 13.2 Å². The van der Waals surface area contributed by atoms with Crippen LogP contribution in [0.4, 0.5) is 5.69 Å². The fourth-order valence-electron chi connectivity index (χ4n) is 2.71. The fourth-order valence-corrected chi connectivity index (χ4v) is 4.13. The number of hydrogen-bond donors (Lipinski definition) is 1. The molecule has 120 valence electrons. The summed E-state index contributed by atoms with van der Waals surface area (Å²) in [5.74, 6) is -0.324. The van der Waals surface area contributed by atoms with E-state index in [2.05, 4.69) is 11.9 Å². The molecule has 0 atom stereocenters. The van der Waals surface area contributed by atoms with Gasteiger partial charge in [-0.05, 0) is 43.2 Å². The molecule has 2 rings (SSSR count). The lowest BCUT2D eigenvalue weighted by Crippen LogP contribution is -2.38. The second-order valence-electron chi connectivity index (χ2n) is 5.53. The van der Waals surface area contributed by atoms with E-state index < -0.39 is 10.0 Å². The van der Waals surface area contributed by atoms with E-state index in [0.29, 0.717) is 5.69 Å². The van der Waals surface area contributed by atoms with Gasteiger partial charge in [-0.1, -0.05) is 25.8 Å². The first-order valence-electron chi connectivity index (χ1n) is 7.46. The number of anilines is 1. The zero-order valence-electron chi connectivity index (χ0n) is 12.8. The molecule has 0 aliphatic heterocycles. The van der Waals surface area contributed by atoms with Crippen LogP contribution in [-0.4, -0.2) is 31.7 Å². The van der Waals surface area contributed by atoms with E-state index in [1.165, 1.54) is 28.9 Å². The molecular weight excluding hydrogens is 300 g/mol. The van der Waals surface area contributed by atoms with Crippen LogP contribution in [0.2, 0.25) is 0 Å². The minimum absolute atomic E-state index is 0.0823. The summed E-state index contributed by atoms with van der Waals surface area (Å²) in [5, 5.41) is 2.60. The van der Waals surface area contributed by atoms with E-state index in [-0.39, 0.29) is 16.8 Å². The summed E-state index contributed by atoms with van der Waals surface area (Å²) in [6.45, 7) is 3.37. The Balaban J connectivity index is 2.14. The molecule has 1 amide bonds. The van der Waals surface area contributed by atoms with Gasteiger partial charge in [0.2, 0.25) is 15.9 Å². The van der Waals surface area contributed by atoms with Gasteiger partial charge in [-0.3, -0.25) is 4.79 Å². The van der Waals surface area contributed by atoms with E-state index in [4.69, 9.17) is 0 Å². The van der Waals surface area contributed by atoms with Crippen LogP contribution >= 0.6 is 0 Å². The first kappa shape index (κ1) is 16.7. The van der Waals surface area contributed by atoms with Crippen molar-refractivity contribution in [3.8, 4) is 0 Å². The topological polar surface area (TPSA) is 66.5 Å². The van der Waals surface area contributed by atoms with Crippen molar-refractivity contribution >= 4 is 21.6 Å². The van der Waals surface area contributed by atoms with Gasteiger partial charge in [0.05, 0.1) is 4.90 Å². The first-order chi connectivity index (χ1) is 10.4. The van der Waals surface area contributed by atoms with E-state index in [1.807, 2.05) is 0 Å². The highest BCUT2D eigenvalue weighted by atomic mass is 32.2. The maximum Gasteiger partial charge on any atom is 0.247 e. The number of nitrogens with one attached hydrogen (secondary N) is 1. The second-order valence-corrected chi connectivity index (χ2v) is 7.53. The van der Waals surface area contributed by atoms with Crippen molar-refractivity contribution in [2.75, 3.05) is 12.4 Å². The van der Waals surface area contributed by atoms with Gasteiger partial charge in [-0.15, -0.1) is 0 Å². The van der Waals surface area contributed by atoms with Crippen LogP contribution in [-0.2, 0) is 14.8 Å². The summed E-state index contributed by atoms with van der Waals surface area (Å²) < 4.78 is 26.8. The average molecular weight is 322 g/mol. The standard InChI is InChI=1S/C16H22N2O3S/c1-3-16(19)17-13-9-11-15(12-10-13)22(20,21)18(2)14-7-5-4-6-8-14/h3,9-12,14H,1,4-8H2,2H3,(H,17,19). The summed E-state index contributed by atoms with van der Waals surface area (Å²) in [4.78, 5) is 11.5. The van der Waals surface area contributed by atoms with Crippen LogP contribution in [0.3, 0.4) is 0 Å². The molecule has 0 radical (unpaired) electrons. The third-order valence-corrected chi connectivity index (χ3v) is 6.00. The van der Waals surface area contributed by atoms with Gasteiger partial charge in [0.1, 0.15) is 0 Å². The molecule has 5 nitrogen and oxygen atoms in total. The molecule has 0 heterocycles. The molecule has 0 spiro atoms. The van der Waals surface area contributed by atoms with Gasteiger partial charge < -0.3 is 5.32 Å². The Morgan fingerprint density at radius 1 is 1.23 bits per heavy atom. The molecule has 22 heavy (non-hydrogen) atoms. The molecule has 0 aromatic heterocycles. The van der Waals surface area contributed by atoms with Gasteiger partial charge in [0.15, 0.2) is 0 Å². The van der Waals surface area contributed by atoms with Crippen molar-refractivity contribution in [2.24, 2.45) is 0 Å². The largest absolute Gasteiger partial charge is 0.323 e. The van der Waals surface area contributed by atoms with Gasteiger partial charge in [-0.25, -0.2) is 8.42 Å². The Bertz CT molecular complexity index is 632. The summed E-state index contributed by atoms with van der Waals surface area (Å²) in [7, 11) is -1.84. The molecule has 1 aromatic rings. The lowest BCUT2D eigenvalue weighted by atomic mass is 9.96. The molecule has 1 aliphatic rings. The third kappa shape index (κ3) is 3.75. The maximum atomic E-state index is 12.6. The number of amides is 1. The van der Waals surface area contributed by atoms with Crippen molar-refractivity contribution in [3.63, 3.8) is 0 Å². The summed E-state index contributed by atoms with van der Waals surface area (Å²) in [6, 6.07) is 6.30. The van der Waals surface area contributed by atoms with Crippen molar-refractivity contribution in [1.82, 2.24) is 4.31 Å². The summed E-state index contributed by atoms with van der Waals surface area (Å²) >= 11 is 0. The zero-order chi connectivity index (χ0) is 16.2. The summed E-state index contributed by atoms with van der Waals surface area (Å²) in [6.07, 6.45) is 6.35. The molecule has 1 aromatic carbocycles. The first-order valence-corrected chi connectivity index (χ1v) is 8.90. The highest BCUT2D eigenvalue weighted by molar-refractivity contribution is 7.89. The number of carbonyl (C=O) groups is 1. The predicted octanol–water partition coefficient (Wildman–Crippen LogP) is 2.76. The van der Waals surface area contributed by atoms with Crippen LogP contribution in [0.1, 0.15) is 32.1 Å². The Morgan fingerprint density at radius 3 is 2.36 bits per heavy atom. The van der Waals surface area contributed by atoms with E-state index in [0.717, 1.165) is 25.7 Å². The van der Waals surface area contributed by atoms with Crippen molar-refractivity contribution in [3.05, 3.63) is 36.9 Å². The number of rotatable bonds is 5. The molecule has 6 heteroatoms. The van der Waals surface area contributed by atoms with E-state index in [9.17, 15) is 13.2 Å². The Morgan fingerprint density at radius 2 is 1.82 bits per heavy atom. The zero-order valence-corrected chi connectivity index (χ0v) is 13.6. The fraction of sp³-hybridized carbons (Fsp3) is 0.438. The molecule has 0 saturated heterocycles. The SMILES string of the molecule is C=CC(=O)Nc1ccc(S(=O)(=O)N(C)C2CCCCC2)cc1. The normalized spacial score (nSPS) is 16.5. The van der Waals surface area contributed by atoms with Crippen LogP contribution in [0.15, 0.2) is 41.8 Å². The summed E-state index contributed by atoms with van der Waals surface area (Å²) in [5.41, 5.74) is 0.546. The Labute approximate surface area is 132 Å². The molecule has 0 bridgehead atoms. The molecule has 0 unspecified atom stereocenters. The third-order valence-electron chi connectivity index (χ3n) is 4.07. The highest BCUT2D eigenvalue weighted by Gasteiger charge is 2.28. The minimum atomic E-state index is -3.49. The average Bonchev–Trinajstić information content (AvgIpc) is 2.55. The highest BCUT2D eigenvalue weighted by Crippen LogP contribution is 2.26.